The summed E-state index contributed by atoms with van der Waals surface area (Å²) >= 11 is 0. The molecule has 0 amide bonds. The molecule has 11 heteroatoms. The van der Waals surface area contributed by atoms with Crippen LogP contribution in [0.3, 0.4) is 0 Å². The van der Waals surface area contributed by atoms with E-state index in [1.165, 1.54) is 11.1 Å². The third-order valence-corrected chi connectivity index (χ3v) is 13.9. The van der Waals surface area contributed by atoms with Gasteiger partial charge in [0, 0.05) is 45.5 Å². The van der Waals surface area contributed by atoms with Crippen molar-refractivity contribution in [3.8, 4) is 76.0 Å². The van der Waals surface area contributed by atoms with Crippen LogP contribution in [0.25, 0.3) is 57.2 Å². The summed E-state index contributed by atoms with van der Waals surface area (Å²) in [7, 11) is -10.7. The first-order chi connectivity index (χ1) is 45.3. The number of nitrogens with zero attached hydrogens (tertiary/aromatic N) is 4. The second kappa shape index (κ2) is 33.2. The predicted octanol–water partition coefficient (Wildman–Crippen LogP) is 22.4. The van der Waals surface area contributed by atoms with E-state index >= 15 is 0 Å². The zero-order chi connectivity index (χ0) is 66.7. The molecular weight excluding hydrogens is 1210 g/mol. The Balaban J connectivity index is 0.000000192. The molecule has 0 unspecified atom stereocenters. The smallest absolute Gasteiger partial charge is 0.0998 e. The van der Waals surface area contributed by atoms with Crippen LogP contribution in [-0.4, -0.2) is 0 Å². The molecule has 0 saturated carbocycles. The number of hydrogen-bond donors (Lipinski definition) is 0. The van der Waals surface area contributed by atoms with Crippen LogP contribution in [0.2, 0.25) is 0 Å². The maximum atomic E-state index is 9.87. The Kier molecular flexibility index (Phi) is 24.5. The first-order valence-electron chi connectivity index (χ1n) is 29.5. The second-order valence-corrected chi connectivity index (χ2v) is 22.9. The molecule has 1 heterocycles. The number of aromatic nitrogens is 1. The standard InChI is InChI=1S/C30H23N2.C29H19N.C24H17N.CH4.F6P/c1-2-32-20-18-29(19-21-32)27-14-16-28(17-15-27)30(23-31)22-26-12-10-25(11-13-26)9-8-24-6-4-3-5-7-24;30-22-29(28-19-17-27(18-20-28)26-9-5-2-6-10-26)21-25-15-13-24(14-16-25)12-11-23-7-3-1-4-8-23;1-19-7-15-23(16-8-19)24(18-25)17-22-13-11-21(12-14-22)10-9-20-5-3-2-4-6-20;;1-7(2,3,4,5)6/h3-7,10-22H,2H2,1H3;1-10,13-21H;2-8,11-17H,1H3;1H4;/q+1;;;;-1/b30-22+;29-21+;24-17+;;. The summed E-state index contributed by atoms with van der Waals surface area (Å²) in [6.07, 6.45) is 9.89. The number of halogens is 6. The summed E-state index contributed by atoms with van der Waals surface area (Å²) in [5.74, 6) is 19.0. The third-order valence-electron chi connectivity index (χ3n) is 13.9. The number of rotatable bonds is 9. The number of aryl methyl sites for hydroxylation is 2. The molecule has 11 aromatic rings. The minimum Gasteiger partial charge on any atom is -0.192 e. The molecule has 0 fully saturated rings. The van der Waals surface area contributed by atoms with E-state index < -0.39 is 7.81 Å². The van der Waals surface area contributed by atoms with Gasteiger partial charge in [0.2, 0.25) is 0 Å². The van der Waals surface area contributed by atoms with E-state index in [1.807, 2.05) is 256 Å². The molecule has 11 rings (SSSR count). The van der Waals surface area contributed by atoms with Gasteiger partial charge in [0.05, 0.1) is 34.9 Å². The Bertz CT molecular complexity index is 4740. The van der Waals surface area contributed by atoms with Gasteiger partial charge in [-0.15, -0.1) is 0 Å². The van der Waals surface area contributed by atoms with Crippen molar-refractivity contribution in [2.24, 2.45) is 0 Å². The summed E-state index contributed by atoms with van der Waals surface area (Å²) in [6, 6.07) is 99.2. The van der Waals surface area contributed by atoms with Gasteiger partial charge in [0.1, 0.15) is 6.54 Å². The van der Waals surface area contributed by atoms with Gasteiger partial charge in [-0.2, -0.15) is 15.8 Å². The van der Waals surface area contributed by atoms with Crippen LogP contribution in [0.15, 0.2) is 291 Å². The van der Waals surface area contributed by atoms with Gasteiger partial charge in [-0.05, 0) is 161 Å². The molecule has 95 heavy (non-hydrogen) atoms. The van der Waals surface area contributed by atoms with E-state index in [-0.39, 0.29) is 7.43 Å². The number of benzene rings is 10. The topological polar surface area (TPSA) is 75.2 Å². The zero-order valence-electron chi connectivity index (χ0n) is 51.2. The zero-order valence-corrected chi connectivity index (χ0v) is 52.1. The third kappa shape index (κ3) is 24.8. The van der Waals surface area contributed by atoms with Gasteiger partial charge in [0.15, 0.2) is 12.4 Å². The summed E-state index contributed by atoms with van der Waals surface area (Å²) in [4.78, 5) is 0. The fourth-order valence-electron chi connectivity index (χ4n) is 8.93. The van der Waals surface area contributed by atoms with E-state index in [4.69, 9.17) is 0 Å². The number of allylic oxidation sites excluding steroid dienone is 3. The molecule has 0 aliphatic rings. The van der Waals surface area contributed by atoms with Crippen LogP contribution in [-0.2, 0) is 6.54 Å². The van der Waals surface area contributed by atoms with Crippen LogP contribution >= 0.6 is 7.81 Å². The molecule has 1 aromatic heterocycles. The fourth-order valence-corrected chi connectivity index (χ4v) is 8.93. The van der Waals surface area contributed by atoms with Gasteiger partial charge in [-0.1, -0.05) is 243 Å². The number of nitriles is 3. The van der Waals surface area contributed by atoms with Crippen molar-refractivity contribution in [2.75, 3.05) is 0 Å². The SMILES string of the molecule is C.CC[n+]1ccc(-c2ccc(/C(C#N)=C/c3ccc(C#Cc4ccccc4)cc3)cc2)cc1.Cc1ccc(/C(C#N)=C/c2ccc(C#Cc3ccccc3)cc2)cc1.F[P-](F)(F)(F)(F)F.N#C/C(=C\c1ccc(C#Cc2ccccc2)cc1)c1ccc(-c2ccccc2)cc1. The Morgan fingerprint density at radius 2 is 0.558 bits per heavy atom. The van der Waals surface area contributed by atoms with Crippen molar-refractivity contribution in [2.45, 2.75) is 27.8 Å². The predicted molar refractivity (Wildman–Crippen MR) is 378 cm³/mol. The molecule has 0 spiro atoms. The van der Waals surface area contributed by atoms with E-state index in [2.05, 4.69) is 126 Å². The van der Waals surface area contributed by atoms with Crippen molar-refractivity contribution in [3.63, 3.8) is 0 Å². The molecule has 4 nitrogen and oxygen atoms in total. The van der Waals surface area contributed by atoms with Crippen LogP contribution in [0.5, 0.6) is 0 Å². The maximum Gasteiger partial charge on any atom is 0.0998 e. The number of hydrogen-bond acceptors (Lipinski definition) is 3. The number of pyridine rings is 1. The first-order valence-corrected chi connectivity index (χ1v) is 31.6. The van der Waals surface area contributed by atoms with Crippen molar-refractivity contribution >= 4 is 42.8 Å². The molecule has 0 N–H and O–H groups in total. The van der Waals surface area contributed by atoms with Crippen LogP contribution in [0.4, 0.5) is 25.2 Å². The molecule has 0 atom stereocenters. The molecule has 0 radical (unpaired) electrons. The van der Waals surface area contributed by atoms with E-state index in [1.54, 1.807) is 0 Å². The van der Waals surface area contributed by atoms with E-state index in [0.29, 0.717) is 16.7 Å². The van der Waals surface area contributed by atoms with Crippen LogP contribution < -0.4 is 4.57 Å². The second-order valence-electron chi connectivity index (χ2n) is 21.0. The molecule has 10 aromatic carbocycles. The van der Waals surface area contributed by atoms with Crippen molar-refractivity contribution < 1.29 is 29.7 Å². The Hall–Kier alpha value is -12.3. The summed E-state index contributed by atoms with van der Waals surface area (Å²) in [5, 5.41) is 28.8. The molecule has 0 bridgehead atoms. The van der Waals surface area contributed by atoms with E-state index in [9.17, 15) is 41.0 Å². The molecular formula is C84H63F6N4P. The molecule has 0 aliphatic carbocycles. The van der Waals surface area contributed by atoms with Gasteiger partial charge < -0.3 is 0 Å². The van der Waals surface area contributed by atoms with Gasteiger partial charge in [0.25, 0.3) is 0 Å². The summed E-state index contributed by atoms with van der Waals surface area (Å²) in [6.45, 7) is 5.11. The fraction of sp³-hybridized carbons (Fsp3) is 0.0476. The summed E-state index contributed by atoms with van der Waals surface area (Å²) in [5.41, 5.74) is 19.2. The minimum atomic E-state index is -10.7. The maximum absolute atomic E-state index is 10.7. The van der Waals surface area contributed by atoms with Crippen molar-refractivity contribution in [1.82, 2.24) is 0 Å². The quantitative estimate of drug-likeness (QED) is 0.0361. The van der Waals surface area contributed by atoms with Crippen LogP contribution in [0, 0.1) is 76.4 Å². The Morgan fingerprint density at radius 3 is 0.821 bits per heavy atom. The van der Waals surface area contributed by atoms with E-state index in [0.717, 1.165) is 90.0 Å². The Labute approximate surface area is 552 Å². The molecule has 0 aliphatic heterocycles. The largest absolute Gasteiger partial charge is 0.192 e. The minimum absolute atomic E-state index is 0. The van der Waals surface area contributed by atoms with Gasteiger partial charge >= 0.3 is 33.0 Å². The Morgan fingerprint density at radius 1 is 0.326 bits per heavy atom. The van der Waals surface area contributed by atoms with Gasteiger partial charge in [-0.3, -0.25) is 0 Å². The monoisotopic (exact) mass is 1270 g/mol. The normalized spacial score (nSPS) is 11.4. The first kappa shape index (κ1) is 70.2. The van der Waals surface area contributed by atoms with Gasteiger partial charge in [-0.25, -0.2) is 4.57 Å². The van der Waals surface area contributed by atoms with Crippen molar-refractivity contribution in [1.29, 1.82) is 15.8 Å². The average molecular weight is 1270 g/mol. The van der Waals surface area contributed by atoms with Crippen molar-refractivity contribution in [3.05, 3.63) is 364 Å². The summed E-state index contributed by atoms with van der Waals surface area (Å²) < 4.78 is 61.3. The van der Waals surface area contributed by atoms with Crippen LogP contribution in [0.1, 0.15) is 86.7 Å². The average Bonchev–Trinajstić information content (AvgIpc) is 0.812. The molecule has 466 valence electrons. The molecule has 0 saturated heterocycles.